The number of hydrogen-bond acceptors (Lipinski definition) is 3. The lowest BCUT2D eigenvalue weighted by Crippen LogP contribution is -2.26. The first-order valence-electron chi connectivity index (χ1n) is 6.65. The summed E-state index contributed by atoms with van der Waals surface area (Å²) in [6.45, 7) is 1.98. The van der Waals surface area contributed by atoms with Gasteiger partial charge in [0.2, 0.25) is 0 Å². The third kappa shape index (κ3) is 3.84. The Morgan fingerprint density at radius 1 is 1.14 bits per heavy atom. The molecule has 0 radical (unpaired) electrons. The second kappa shape index (κ2) is 6.60. The lowest BCUT2D eigenvalue weighted by molar-refractivity contribution is 0.573. The van der Waals surface area contributed by atoms with Gasteiger partial charge in [-0.05, 0) is 43.3 Å². The molecule has 2 aromatic rings. The van der Waals surface area contributed by atoms with Crippen LogP contribution in [-0.2, 0) is 9.84 Å². The maximum atomic E-state index is 12.5. The normalized spacial score (nSPS) is 13.1. The average molecular weight is 324 g/mol. The zero-order valence-corrected chi connectivity index (χ0v) is 13.6. The van der Waals surface area contributed by atoms with Gasteiger partial charge < -0.3 is 5.32 Å². The third-order valence-corrected chi connectivity index (χ3v) is 5.43. The number of sulfone groups is 1. The maximum absolute atomic E-state index is 12.5. The first-order chi connectivity index (χ1) is 9.94. The molecule has 0 aliphatic rings. The van der Waals surface area contributed by atoms with Crippen molar-refractivity contribution in [2.45, 2.75) is 17.9 Å². The number of hydrogen-bond donors (Lipinski definition) is 1. The van der Waals surface area contributed by atoms with Crippen molar-refractivity contribution in [2.24, 2.45) is 0 Å². The van der Waals surface area contributed by atoms with Gasteiger partial charge in [0, 0.05) is 11.1 Å². The standard InChI is InChI=1S/C16H18ClNO2S/c1-12-6-3-4-9-15(12)16(18-2)11-21(19,20)14-8-5-7-13(17)10-14/h3-10,16,18H,11H2,1-2H3. The van der Waals surface area contributed by atoms with Crippen molar-refractivity contribution in [2.75, 3.05) is 12.8 Å². The number of aryl methyl sites for hydroxylation is 1. The lowest BCUT2D eigenvalue weighted by atomic mass is 10.0. The van der Waals surface area contributed by atoms with Gasteiger partial charge in [-0.3, -0.25) is 0 Å². The zero-order chi connectivity index (χ0) is 15.5. The lowest BCUT2D eigenvalue weighted by Gasteiger charge is -2.19. The SMILES string of the molecule is CNC(CS(=O)(=O)c1cccc(Cl)c1)c1ccccc1C. The highest BCUT2D eigenvalue weighted by atomic mass is 35.5. The van der Waals surface area contributed by atoms with Crippen molar-refractivity contribution in [3.05, 3.63) is 64.7 Å². The number of benzene rings is 2. The summed E-state index contributed by atoms with van der Waals surface area (Å²) in [6, 6.07) is 13.9. The smallest absolute Gasteiger partial charge is 0.180 e. The van der Waals surface area contributed by atoms with E-state index in [4.69, 9.17) is 11.6 Å². The fourth-order valence-electron chi connectivity index (χ4n) is 2.28. The fourth-order valence-corrected chi connectivity index (χ4v) is 4.11. The van der Waals surface area contributed by atoms with Crippen molar-refractivity contribution in [1.29, 1.82) is 0 Å². The zero-order valence-electron chi connectivity index (χ0n) is 12.0. The Hall–Kier alpha value is -1.36. The van der Waals surface area contributed by atoms with Crippen LogP contribution in [0, 0.1) is 6.92 Å². The topological polar surface area (TPSA) is 46.2 Å². The van der Waals surface area contributed by atoms with E-state index in [-0.39, 0.29) is 16.7 Å². The molecule has 0 aromatic heterocycles. The molecule has 2 aromatic carbocycles. The van der Waals surface area contributed by atoms with Gasteiger partial charge in [0.05, 0.1) is 10.6 Å². The molecule has 0 spiro atoms. The minimum Gasteiger partial charge on any atom is -0.312 e. The van der Waals surface area contributed by atoms with E-state index in [2.05, 4.69) is 5.32 Å². The van der Waals surface area contributed by atoms with Crippen LogP contribution in [0.5, 0.6) is 0 Å². The average Bonchev–Trinajstić information content (AvgIpc) is 2.45. The van der Waals surface area contributed by atoms with Gasteiger partial charge in [-0.25, -0.2) is 8.42 Å². The van der Waals surface area contributed by atoms with E-state index in [1.165, 1.54) is 6.07 Å². The third-order valence-electron chi connectivity index (χ3n) is 3.45. The van der Waals surface area contributed by atoms with Crippen molar-refractivity contribution in [3.63, 3.8) is 0 Å². The highest BCUT2D eigenvalue weighted by molar-refractivity contribution is 7.91. The minimum absolute atomic E-state index is 0.00526. The summed E-state index contributed by atoms with van der Waals surface area (Å²) in [4.78, 5) is 0.254. The van der Waals surface area contributed by atoms with E-state index >= 15 is 0 Å². The summed E-state index contributed by atoms with van der Waals surface area (Å²) < 4.78 is 25.1. The Labute approximate surface area is 130 Å². The van der Waals surface area contributed by atoms with E-state index in [0.29, 0.717) is 5.02 Å². The number of rotatable bonds is 5. The molecule has 0 heterocycles. The summed E-state index contributed by atoms with van der Waals surface area (Å²) >= 11 is 5.88. The second-order valence-corrected chi connectivity index (χ2v) is 7.41. The van der Waals surface area contributed by atoms with Crippen molar-refractivity contribution < 1.29 is 8.42 Å². The molecule has 3 nitrogen and oxygen atoms in total. The molecule has 0 amide bonds. The molecule has 0 saturated heterocycles. The van der Waals surface area contributed by atoms with E-state index in [9.17, 15) is 8.42 Å². The molecular formula is C16H18ClNO2S. The Morgan fingerprint density at radius 3 is 2.48 bits per heavy atom. The van der Waals surface area contributed by atoms with Crippen LogP contribution in [0.1, 0.15) is 17.2 Å². The Morgan fingerprint density at radius 2 is 1.86 bits per heavy atom. The van der Waals surface area contributed by atoms with Gasteiger partial charge >= 0.3 is 0 Å². The number of halogens is 1. The van der Waals surface area contributed by atoms with E-state index in [0.717, 1.165) is 11.1 Å². The molecule has 0 saturated carbocycles. The Balaban J connectivity index is 2.32. The second-order valence-electron chi connectivity index (χ2n) is 4.94. The highest BCUT2D eigenvalue weighted by Gasteiger charge is 2.22. The quantitative estimate of drug-likeness (QED) is 0.917. The molecule has 2 rings (SSSR count). The predicted molar refractivity (Wildman–Crippen MR) is 86.5 cm³/mol. The molecule has 0 aliphatic carbocycles. The van der Waals surface area contributed by atoms with E-state index < -0.39 is 9.84 Å². The Bertz CT molecular complexity index is 729. The molecule has 0 aliphatic heterocycles. The van der Waals surface area contributed by atoms with Crippen LogP contribution in [0.4, 0.5) is 0 Å². The first-order valence-corrected chi connectivity index (χ1v) is 8.68. The predicted octanol–water partition coefficient (Wildman–Crippen LogP) is 3.38. The molecule has 1 N–H and O–H groups in total. The van der Waals surface area contributed by atoms with Crippen LogP contribution < -0.4 is 5.32 Å². The van der Waals surface area contributed by atoms with Crippen LogP contribution in [-0.4, -0.2) is 21.2 Å². The summed E-state index contributed by atoms with van der Waals surface area (Å²) in [5.41, 5.74) is 2.06. The summed E-state index contributed by atoms with van der Waals surface area (Å²) in [5.74, 6) is -0.00526. The maximum Gasteiger partial charge on any atom is 0.180 e. The molecule has 112 valence electrons. The summed E-state index contributed by atoms with van der Waals surface area (Å²) in [7, 11) is -1.64. The molecule has 21 heavy (non-hydrogen) atoms. The van der Waals surface area contributed by atoms with Gasteiger partial charge in [-0.2, -0.15) is 0 Å². The Kier molecular flexibility index (Phi) is 5.04. The molecular weight excluding hydrogens is 306 g/mol. The molecule has 1 atom stereocenters. The van der Waals surface area contributed by atoms with Crippen LogP contribution in [0.2, 0.25) is 5.02 Å². The largest absolute Gasteiger partial charge is 0.312 e. The summed E-state index contributed by atoms with van der Waals surface area (Å²) in [5, 5.41) is 3.51. The van der Waals surface area contributed by atoms with Gasteiger partial charge in [0.25, 0.3) is 0 Å². The highest BCUT2D eigenvalue weighted by Crippen LogP contribution is 2.23. The number of nitrogens with one attached hydrogen (secondary N) is 1. The van der Waals surface area contributed by atoms with Gasteiger partial charge in [0.15, 0.2) is 9.84 Å². The van der Waals surface area contributed by atoms with Gasteiger partial charge in [-0.15, -0.1) is 0 Å². The molecule has 0 bridgehead atoms. The van der Waals surface area contributed by atoms with Crippen LogP contribution in [0.3, 0.4) is 0 Å². The van der Waals surface area contributed by atoms with Crippen LogP contribution >= 0.6 is 11.6 Å². The van der Waals surface area contributed by atoms with E-state index in [1.54, 1.807) is 25.2 Å². The minimum atomic E-state index is -3.41. The molecule has 0 fully saturated rings. The summed E-state index contributed by atoms with van der Waals surface area (Å²) in [6.07, 6.45) is 0. The van der Waals surface area contributed by atoms with Crippen LogP contribution in [0.25, 0.3) is 0 Å². The van der Waals surface area contributed by atoms with Crippen LogP contribution in [0.15, 0.2) is 53.4 Å². The molecule has 5 heteroatoms. The van der Waals surface area contributed by atoms with Crippen molar-refractivity contribution in [1.82, 2.24) is 5.32 Å². The first kappa shape index (κ1) is 16.0. The van der Waals surface area contributed by atoms with E-state index in [1.807, 2.05) is 31.2 Å². The molecule has 1 unspecified atom stereocenters. The fraction of sp³-hybridized carbons (Fsp3) is 0.250. The van der Waals surface area contributed by atoms with Crippen molar-refractivity contribution in [3.8, 4) is 0 Å². The van der Waals surface area contributed by atoms with Gasteiger partial charge in [-0.1, -0.05) is 41.9 Å². The van der Waals surface area contributed by atoms with Crippen molar-refractivity contribution >= 4 is 21.4 Å². The van der Waals surface area contributed by atoms with Gasteiger partial charge in [0.1, 0.15) is 0 Å². The monoisotopic (exact) mass is 323 g/mol.